The zero-order valence-electron chi connectivity index (χ0n) is 13.6. The number of hydrogen-bond donors (Lipinski definition) is 0. The molecular weight excluding hydrogens is 340 g/mol. The molecule has 7 nitrogen and oxygen atoms in total. The monoisotopic (exact) mass is 356 g/mol. The minimum atomic E-state index is -0.338. The normalized spacial score (nSPS) is 11.4. The Bertz CT molecular complexity index is 1050. The molecule has 0 aliphatic heterocycles. The minimum absolute atomic E-state index is 0.338. The van der Waals surface area contributed by atoms with Crippen LogP contribution in [0.25, 0.3) is 22.7 Å². The highest BCUT2D eigenvalue weighted by Gasteiger charge is 2.15. The SMILES string of the molecule is CCn1c(SCCn2c(=O)oc3ccccc32)nnc1-c1ccco1. The molecule has 4 rings (SSSR count). The van der Waals surface area contributed by atoms with Gasteiger partial charge in [-0.05, 0) is 31.2 Å². The van der Waals surface area contributed by atoms with E-state index in [-0.39, 0.29) is 5.76 Å². The van der Waals surface area contributed by atoms with Crippen LogP contribution < -0.4 is 5.76 Å². The quantitative estimate of drug-likeness (QED) is 0.493. The molecule has 8 heteroatoms. The van der Waals surface area contributed by atoms with Crippen molar-refractivity contribution in [1.29, 1.82) is 0 Å². The van der Waals surface area contributed by atoms with Crippen LogP contribution in [-0.2, 0) is 13.1 Å². The van der Waals surface area contributed by atoms with E-state index in [0.717, 1.165) is 17.2 Å². The Kier molecular flexibility index (Phi) is 4.19. The van der Waals surface area contributed by atoms with Gasteiger partial charge in [0.05, 0.1) is 11.8 Å². The number of aryl methyl sites for hydroxylation is 1. The molecule has 0 saturated heterocycles. The molecule has 0 spiro atoms. The summed E-state index contributed by atoms with van der Waals surface area (Å²) >= 11 is 1.55. The van der Waals surface area contributed by atoms with Crippen molar-refractivity contribution >= 4 is 22.9 Å². The maximum absolute atomic E-state index is 12.0. The van der Waals surface area contributed by atoms with Crippen LogP contribution in [0, 0.1) is 0 Å². The van der Waals surface area contributed by atoms with E-state index in [4.69, 9.17) is 8.83 Å². The first kappa shape index (κ1) is 15.8. The Hall–Kier alpha value is -2.74. The largest absolute Gasteiger partial charge is 0.461 e. The minimum Gasteiger partial charge on any atom is -0.461 e. The van der Waals surface area contributed by atoms with Gasteiger partial charge < -0.3 is 8.83 Å². The number of rotatable bonds is 6. The van der Waals surface area contributed by atoms with Crippen LogP contribution >= 0.6 is 11.8 Å². The van der Waals surface area contributed by atoms with Crippen LogP contribution in [0.4, 0.5) is 0 Å². The van der Waals surface area contributed by atoms with Crippen LogP contribution in [0.15, 0.2) is 61.4 Å². The van der Waals surface area contributed by atoms with Gasteiger partial charge >= 0.3 is 5.76 Å². The van der Waals surface area contributed by atoms with Gasteiger partial charge in [0, 0.05) is 18.8 Å². The molecule has 128 valence electrons. The summed E-state index contributed by atoms with van der Waals surface area (Å²) in [5, 5.41) is 9.28. The molecule has 0 unspecified atom stereocenters. The zero-order valence-corrected chi connectivity index (χ0v) is 14.4. The van der Waals surface area contributed by atoms with Crippen molar-refractivity contribution in [3.05, 3.63) is 53.2 Å². The first-order valence-corrected chi connectivity index (χ1v) is 8.94. The van der Waals surface area contributed by atoms with E-state index in [1.807, 2.05) is 41.8 Å². The Balaban J connectivity index is 1.52. The van der Waals surface area contributed by atoms with Crippen LogP contribution in [0.3, 0.4) is 0 Å². The van der Waals surface area contributed by atoms with Crippen molar-refractivity contribution in [2.45, 2.75) is 25.2 Å². The van der Waals surface area contributed by atoms with Gasteiger partial charge in [-0.1, -0.05) is 23.9 Å². The van der Waals surface area contributed by atoms with E-state index >= 15 is 0 Å². The van der Waals surface area contributed by atoms with E-state index in [9.17, 15) is 4.79 Å². The lowest BCUT2D eigenvalue weighted by molar-refractivity contribution is 0.514. The molecule has 0 aliphatic carbocycles. The van der Waals surface area contributed by atoms with E-state index in [1.54, 1.807) is 28.7 Å². The number of thioether (sulfide) groups is 1. The molecule has 0 amide bonds. The van der Waals surface area contributed by atoms with Crippen molar-refractivity contribution < 1.29 is 8.83 Å². The summed E-state index contributed by atoms with van der Waals surface area (Å²) in [4.78, 5) is 12.0. The molecule has 0 radical (unpaired) electrons. The molecule has 4 aromatic rings. The molecule has 25 heavy (non-hydrogen) atoms. The summed E-state index contributed by atoms with van der Waals surface area (Å²) in [5.74, 6) is 1.74. The van der Waals surface area contributed by atoms with E-state index in [2.05, 4.69) is 10.2 Å². The van der Waals surface area contributed by atoms with Crippen LogP contribution in [0.2, 0.25) is 0 Å². The lowest BCUT2D eigenvalue weighted by Gasteiger charge is -2.06. The number of nitrogens with zero attached hydrogens (tertiary/aromatic N) is 4. The first-order valence-electron chi connectivity index (χ1n) is 7.96. The van der Waals surface area contributed by atoms with Gasteiger partial charge in [-0.3, -0.25) is 9.13 Å². The summed E-state index contributed by atoms with van der Waals surface area (Å²) in [6, 6.07) is 11.1. The average molecular weight is 356 g/mol. The molecule has 0 bridgehead atoms. The van der Waals surface area contributed by atoms with Gasteiger partial charge in [-0.2, -0.15) is 0 Å². The van der Waals surface area contributed by atoms with Crippen LogP contribution in [0.5, 0.6) is 0 Å². The summed E-state index contributed by atoms with van der Waals surface area (Å²) < 4.78 is 14.3. The van der Waals surface area contributed by atoms with Crippen LogP contribution in [0.1, 0.15) is 6.92 Å². The van der Waals surface area contributed by atoms with Gasteiger partial charge in [-0.15, -0.1) is 10.2 Å². The molecule has 0 N–H and O–H groups in total. The number of furan rings is 1. The van der Waals surface area contributed by atoms with Gasteiger partial charge in [0.2, 0.25) is 0 Å². The molecule has 0 aliphatic rings. The maximum atomic E-state index is 12.0. The molecule has 3 heterocycles. The van der Waals surface area contributed by atoms with E-state index in [0.29, 0.717) is 29.5 Å². The van der Waals surface area contributed by atoms with Crippen molar-refractivity contribution in [3.63, 3.8) is 0 Å². The second kappa shape index (κ2) is 6.64. The number of benzene rings is 1. The molecule has 0 fully saturated rings. The highest BCUT2D eigenvalue weighted by molar-refractivity contribution is 7.99. The fourth-order valence-electron chi connectivity index (χ4n) is 2.72. The second-order valence-electron chi connectivity index (χ2n) is 5.36. The molecule has 0 saturated carbocycles. The van der Waals surface area contributed by atoms with Gasteiger partial charge in [0.25, 0.3) is 0 Å². The van der Waals surface area contributed by atoms with Crippen molar-refractivity contribution in [3.8, 4) is 11.6 Å². The van der Waals surface area contributed by atoms with E-state index < -0.39 is 0 Å². The predicted octanol–water partition coefficient (Wildman–Crippen LogP) is 3.26. The Morgan fingerprint density at radius 2 is 2.00 bits per heavy atom. The first-order chi connectivity index (χ1) is 12.3. The Labute approximate surface area is 147 Å². The number of hydrogen-bond acceptors (Lipinski definition) is 6. The predicted molar refractivity (Wildman–Crippen MR) is 94.6 cm³/mol. The van der Waals surface area contributed by atoms with Crippen molar-refractivity contribution in [1.82, 2.24) is 19.3 Å². The number of para-hydroxylation sites is 2. The van der Waals surface area contributed by atoms with Crippen LogP contribution in [-0.4, -0.2) is 25.1 Å². The Morgan fingerprint density at radius 1 is 1.12 bits per heavy atom. The molecule has 1 aromatic carbocycles. The van der Waals surface area contributed by atoms with Crippen molar-refractivity contribution in [2.24, 2.45) is 0 Å². The highest BCUT2D eigenvalue weighted by Crippen LogP contribution is 2.24. The van der Waals surface area contributed by atoms with Crippen molar-refractivity contribution in [2.75, 3.05) is 5.75 Å². The van der Waals surface area contributed by atoms with Gasteiger partial charge in [0.1, 0.15) is 0 Å². The van der Waals surface area contributed by atoms with Gasteiger partial charge in [0.15, 0.2) is 22.3 Å². The third-order valence-corrected chi connectivity index (χ3v) is 4.84. The smallest absolute Gasteiger partial charge is 0.419 e. The number of oxazole rings is 1. The zero-order chi connectivity index (χ0) is 17.2. The fraction of sp³-hybridized carbons (Fsp3) is 0.235. The second-order valence-corrected chi connectivity index (χ2v) is 6.43. The lowest BCUT2D eigenvalue weighted by Crippen LogP contribution is -2.15. The molecule has 3 aromatic heterocycles. The molecule has 0 atom stereocenters. The third kappa shape index (κ3) is 2.89. The highest BCUT2D eigenvalue weighted by atomic mass is 32.2. The molecular formula is C17H16N4O3S. The fourth-order valence-corrected chi connectivity index (χ4v) is 3.65. The summed E-state index contributed by atoms with van der Waals surface area (Å²) in [5.41, 5.74) is 1.41. The number of aromatic nitrogens is 4. The lowest BCUT2D eigenvalue weighted by atomic mass is 10.3. The summed E-state index contributed by atoms with van der Waals surface area (Å²) in [6.45, 7) is 3.31. The average Bonchev–Trinajstić information content (AvgIpc) is 3.33. The topological polar surface area (TPSA) is 79.0 Å². The summed E-state index contributed by atoms with van der Waals surface area (Å²) in [6.07, 6.45) is 1.62. The number of fused-ring (bicyclic) bond motifs is 1. The Morgan fingerprint density at radius 3 is 2.80 bits per heavy atom. The maximum Gasteiger partial charge on any atom is 0.419 e. The third-order valence-electron chi connectivity index (χ3n) is 3.89. The van der Waals surface area contributed by atoms with E-state index in [1.165, 1.54) is 0 Å². The van der Waals surface area contributed by atoms with Gasteiger partial charge in [-0.25, -0.2) is 4.79 Å². The standard InChI is InChI=1S/C17H16N4O3S/c1-2-20-15(14-8-5-10-23-14)18-19-16(20)25-11-9-21-12-6-3-4-7-13(12)24-17(21)22/h3-8,10H,2,9,11H2,1H3. The summed E-state index contributed by atoms with van der Waals surface area (Å²) in [7, 11) is 0.